The third-order valence-corrected chi connectivity index (χ3v) is 6.27. The summed E-state index contributed by atoms with van der Waals surface area (Å²) in [6.07, 6.45) is 8.55. The maximum absolute atomic E-state index is 4.67. The molecule has 1 aromatic carbocycles. The third-order valence-electron chi connectivity index (χ3n) is 5.30. The standard InChI is InChI=1S/C22H20N4S/c1-2-4-22-19(3-1)20(14-27-22)21-9-17(5-7-25-21)18-6-8-26(13-18)12-16-10-23-15-24-11-16/h1-5,7,9-11,14-15,18H,6,8,12-13H2/t18-/m1/s1. The average molecular weight is 372 g/mol. The molecule has 0 amide bonds. The Labute approximate surface area is 162 Å². The monoisotopic (exact) mass is 372 g/mol. The van der Waals surface area contributed by atoms with Crippen LogP contribution in [-0.4, -0.2) is 32.9 Å². The zero-order valence-corrected chi connectivity index (χ0v) is 15.8. The second-order valence-electron chi connectivity index (χ2n) is 7.09. The lowest BCUT2D eigenvalue weighted by Gasteiger charge is -2.16. The highest BCUT2D eigenvalue weighted by molar-refractivity contribution is 7.17. The minimum Gasteiger partial charge on any atom is -0.298 e. The molecule has 134 valence electrons. The first-order chi connectivity index (χ1) is 13.4. The molecule has 0 N–H and O–H groups in total. The van der Waals surface area contributed by atoms with E-state index in [2.05, 4.69) is 61.6 Å². The number of benzene rings is 1. The van der Waals surface area contributed by atoms with Crippen LogP contribution in [0.3, 0.4) is 0 Å². The van der Waals surface area contributed by atoms with E-state index in [4.69, 9.17) is 0 Å². The number of fused-ring (bicyclic) bond motifs is 1. The summed E-state index contributed by atoms with van der Waals surface area (Å²) in [5, 5.41) is 3.52. The molecular weight excluding hydrogens is 352 g/mol. The van der Waals surface area contributed by atoms with Crippen molar-refractivity contribution in [3.05, 3.63) is 77.8 Å². The summed E-state index contributed by atoms with van der Waals surface area (Å²) >= 11 is 1.79. The molecule has 3 aromatic heterocycles. The van der Waals surface area contributed by atoms with E-state index in [0.29, 0.717) is 5.92 Å². The van der Waals surface area contributed by atoms with Gasteiger partial charge in [0.25, 0.3) is 0 Å². The predicted octanol–water partition coefficient (Wildman–Crippen LogP) is 4.74. The molecule has 1 aliphatic heterocycles. The van der Waals surface area contributed by atoms with Crippen LogP contribution in [0.2, 0.25) is 0 Å². The summed E-state index contributed by atoms with van der Waals surface area (Å²) in [5.41, 5.74) is 4.90. The zero-order chi connectivity index (χ0) is 18.1. The highest BCUT2D eigenvalue weighted by Crippen LogP contribution is 2.35. The highest BCUT2D eigenvalue weighted by atomic mass is 32.1. The molecule has 1 fully saturated rings. The van der Waals surface area contributed by atoms with Gasteiger partial charge >= 0.3 is 0 Å². The van der Waals surface area contributed by atoms with E-state index in [0.717, 1.165) is 25.3 Å². The number of aromatic nitrogens is 3. The van der Waals surface area contributed by atoms with Gasteiger partial charge in [-0.15, -0.1) is 11.3 Å². The van der Waals surface area contributed by atoms with E-state index in [1.54, 1.807) is 17.7 Å². The van der Waals surface area contributed by atoms with E-state index in [9.17, 15) is 0 Å². The van der Waals surface area contributed by atoms with Gasteiger partial charge in [-0.3, -0.25) is 9.88 Å². The van der Waals surface area contributed by atoms with Gasteiger partial charge in [0.15, 0.2) is 0 Å². The van der Waals surface area contributed by atoms with Gasteiger partial charge in [0, 0.05) is 58.3 Å². The second kappa shape index (κ2) is 7.18. The first-order valence-corrected chi connectivity index (χ1v) is 10.1. The van der Waals surface area contributed by atoms with Crippen molar-refractivity contribution in [3.63, 3.8) is 0 Å². The van der Waals surface area contributed by atoms with Crippen LogP contribution in [0, 0.1) is 0 Å². The van der Waals surface area contributed by atoms with Crippen molar-refractivity contribution in [2.75, 3.05) is 13.1 Å². The molecule has 0 aliphatic carbocycles. The Kier molecular flexibility index (Phi) is 4.40. The molecule has 0 saturated carbocycles. The fourth-order valence-electron chi connectivity index (χ4n) is 3.94. The Hall–Kier alpha value is -2.63. The molecule has 0 spiro atoms. The van der Waals surface area contributed by atoms with Crippen LogP contribution >= 0.6 is 11.3 Å². The fraction of sp³-hybridized carbons (Fsp3) is 0.227. The first-order valence-electron chi connectivity index (χ1n) is 9.25. The van der Waals surface area contributed by atoms with E-state index < -0.39 is 0 Å². The normalized spacial score (nSPS) is 17.6. The molecular formula is C22H20N4S. The van der Waals surface area contributed by atoms with Crippen LogP contribution < -0.4 is 0 Å². The van der Waals surface area contributed by atoms with Crippen molar-refractivity contribution in [1.82, 2.24) is 19.9 Å². The number of likely N-dealkylation sites (tertiary alicyclic amines) is 1. The first kappa shape index (κ1) is 16.5. The van der Waals surface area contributed by atoms with Gasteiger partial charge in [-0.05, 0) is 42.6 Å². The number of thiophene rings is 1. The molecule has 4 nitrogen and oxygen atoms in total. The smallest absolute Gasteiger partial charge is 0.115 e. The van der Waals surface area contributed by atoms with Crippen LogP contribution in [0.4, 0.5) is 0 Å². The van der Waals surface area contributed by atoms with Crippen molar-refractivity contribution >= 4 is 21.4 Å². The lowest BCUT2D eigenvalue weighted by molar-refractivity contribution is 0.326. The molecule has 5 heteroatoms. The minimum absolute atomic E-state index is 0.557. The summed E-state index contributed by atoms with van der Waals surface area (Å²) in [4.78, 5) is 15.4. The van der Waals surface area contributed by atoms with Gasteiger partial charge in [0.2, 0.25) is 0 Å². The van der Waals surface area contributed by atoms with Gasteiger partial charge in [-0.1, -0.05) is 18.2 Å². The van der Waals surface area contributed by atoms with Crippen LogP contribution in [-0.2, 0) is 6.54 Å². The van der Waals surface area contributed by atoms with Gasteiger partial charge in [-0.25, -0.2) is 9.97 Å². The van der Waals surface area contributed by atoms with Gasteiger partial charge < -0.3 is 0 Å². The Morgan fingerprint density at radius 2 is 2.00 bits per heavy atom. The quantitative estimate of drug-likeness (QED) is 0.519. The number of pyridine rings is 1. The maximum Gasteiger partial charge on any atom is 0.115 e. The summed E-state index contributed by atoms with van der Waals surface area (Å²) in [5.74, 6) is 0.557. The van der Waals surface area contributed by atoms with Crippen molar-refractivity contribution in [1.29, 1.82) is 0 Å². The lowest BCUT2D eigenvalue weighted by Crippen LogP contribution is -2.20. The molecule has 4 aromatic rings. The summed E-state index contributed by atoms with van der Waals surface area (Å²) < 4.78 is 1.32. The summed E-state index contributed by atoms with van der Waals surface area (Å²) in [7, 11) is 0. The third kappa shape index (κ3) is 3.36. The average Bonchev–Trinajstić information content (AvgIpc) is 3.36. The lowest BCUT2D eigenvalue weighted by atomic mass is 9.97. The molecule has 0 unspecified atom stereocenters. The number of rotatable bonds is 4. The Morgan fingerprint density at radius 1 is 1.11 bits per heavy atom. The number of hydrogen-bond acceptors (Lipinski definition) is 5. The summed E-state index contributed by atoms with van der Waals surface area (Å²) in [6.45, 7) is 3.10. The number of hydrogen-bond donors (Lipinski definition) is 0. The van der Waals surface area contributed by atoms with Crippen molar-refractivity contribution < 1.29 is 0 Å². The minimum atomic E-state index is 0.557. The maximum atomic E-state index is 4.67. The topological polar surface area (TPSA) is 41.9 Å². The van der Waals surface area contributed by atoms with Crippen molar-refractivity contribution in [2.24, 2.45) is 0 Å². The molecule has 1 saturated heterocycles. The molecule has 4 heterocycles. The Bertz CT molecular complexity index is 1060. The zero-order valence-electron chi connectivity index (χ0n) is 15.0. The van der Waals surface area contributed by atoms with Gasteiger partial charge in [-0.2, -0.15) is 0 Å². The van der Waals surface area contributed by atoms with Gasteiger partial charge in [0.1, 0.15) is 6.33 Å². The largest absolute Gasteiger partial charge is 0.298 e. The van der Waals surface area contributed by atoms with E-state index in [1.807, 2.05) is 18.6 Å². The van der Waals surface area contributed by atoms with Gasteiger partial charge in [0.05, 0.1) is 5.69 Å². The summed E-state index contributed by atoms with van der Waals surface area (Å²) in [6, 6.07) is 13.0. The van der Waals surface area contributed by atoms with Crippen molar-refractivity contribution in [3.8, 4) is 11.3 Å². The van der Waals surface area contributed by atoms with Crippen molar-refractivity contribution in [2.45, 2.75) is 18.9 Å². The van der Waals surface area contributed by atoms with Crippen LogP contribution in [0.5, 0.6) is 0 Å². The molecule has 1 atom stereocenters. The predicted molar refractivity (Wildman–Crippen MR) is 110 cm³/mol. The SMILES string of the molecule is c1ccc2c(-c3cc([C@@H]4CCN(Cc5cncnc5)C4)ccn3)csc2c1. The van der Waals surface area contributed by atoms with Crippen LogP contribution in [0.25, 0.3) is 21.3 Å². The van der Waals surface area contributed by atoms with Crippen LogP contribution in [0.1, 0.15) is 23.5 Å². The van der Waals surface area contributed by atoms with Crippen LogP contribution in [0.15, 0.2) is 66.7 Å². The molecule has 27 heavy (non-hydrogen) atoms. The second-order valence-corrected chi connectivity index (χ2v) is 8.00. The molecule has 1 aliphatic rings. The van der Waals surface area contributed by atoms with E-state index in [-0.39, 0.29) is 0 Å². The Balaban J connectivity index is 1.37. The highest BCUT2D eigenvalue weighted by Gasteiger charge is 2.24. The number of nitrogens with zero attached hydrogens (tertiary/aromatic N) is 4. The molecule has 0 bridgehead atoms. The Morgan fingerprint density at radius 3 is 2.93 bits per heavy atom. The molecule has 0 radical (unpaired) electrons. The van der Waals surface area contributed by atoms with E-state index in [1.165, 1.54) is 33.2 Å². The fourth-order valence-corrected chi connectivity index (χ4v) is 4.90. The van der Waals surface area contributed by atoms with E-state index >= 15 is 0 Å². The molecule has 5 rings (SSSR count).